The topological polar surface area (TPSA) is 59.8 Å². The van der Waals surface area contributed by atoms with Crippen molar-refractivity contribution in [2.75, 3.05) is 20.3 Å². The molecule has 0 bridgehead atoms. The molecule has 0 unspecified atom stereocenters. The summed E-state index contributed by atoms with van der Waals surface area (Å²) in [6, 6.07) is 8.87. The second kappa shape index (κ2) is 8.29. The highest BCUT2D eigenvalue weighted by Gasteiger charge is 2.24. The summed E-state index contributed by atoms with van der Waals surface area (Å²) in [5.74, 6) is 0. The van der Waals surface area contributed by atoms with Gasteiger partial charge in [-0.15, -0.1) is 0 Å². The van der Waals surface area contributed by atoms with Crippen LogP contribution in [-0.4, -0.2) is 33.0 Å². The van der Waals surface area contributed by atoms with E-state index in [1.807, 2.05) is 12.1 Å². The number of rotatable bonds is 9. The molecule has 2 rings (SSSR count). The van der Waals surface area contributed by atoms with Gasteiger partial charge in [0.05, 0.1) is 24.0 Å². The Morgan fingerprint density at radius 2 is 1.87 bits per heavy atom. The summed E-state index contributed by atoms with van der Waals surface area (Å²) < 4.78 is 37.2. The molecule has 5 nitrogen and oxygen atoms in total. The molecule has 0 atom stereocenters. The van der Waals surface area contributed by atoms with E-state index in [1.165, 1.54) is 10.6 Å². The molecule has 126 valence electrons. The van der Waals surface area contributed by atoms with Crippen LogP contribution in [0.25, 0.3) is 0 Å². The summed E-state index contributed by atoms with van der Waals surface area (Å²) >= 11 is 0. The molecule has 23 heavy (non-hydrogen) atoms. The molecule has 1 aromatic heterocycles. The lowest BCUT2D eigenvalue weighted by Gasteiger charge is -2.21. The van der Waals surface area contributed by atoms with Crippen LogP contribution in [0.5, 0.6) is 0 Å². The zero-order valence-corrected chi connectivity index (χ0v) is 14.4. The predicted molar refractivity (Wildman–Crippen MR) is 88.6 cm³/mol. The van der Waals surface area contributed by atoms with Gasteiger partial charge >= 0.3 is 0 Å². The number of hydrogen-bond acceptors (Lipinski definition) is 4. The highest BCUT2D eigenvalue weighted by molar-refractivity contribution is 7.89. The van der Waals surface area contributed by atoms with E-state index >= 15 is 0 Å². The maximum atomic E-state index is 12.9. The van der Waals surface area contributed by atoms with Crippen molar-refractivity contribution in [3.05, 3.63) is 54.0 Å². The third-order valence-corrected chi connectivity index (χ3v) is 5.44. The summed E-state index contributed by atoms with van der Waals surface area (Å²) in [6.45, 7) is 2.99. The first-order valence-corrected chi connectivity index (χ1v) is 9.11. The van der Waals surface area contributed by atoms with E-state index in [9.17, 15) is 8.42 Å². The monoisotopic (exact) mass is 337 g/mol. The molecule has 0 aliphatic carbocycles. The van der Waals surface area contributed by atoms with Crippen LogP contribution in [0, 0.1) is 0 Å². The Kier molecular flexibility index (Phi) is 6.38. The van der Waals surface area contributed by atoms with E-state index in [0.29, 0.717) is 18.0 Å². The number of furan rings is 1. The summed E-state index contributed by atoms with van der Waals surface area (Å²) in [6.07, 6.45) is 5.07. The van der Waals surface area contributed by atoms with Crippen LogP contribution in [0.15, 0.2) is 52.2 Å². The Labute approximate surface area is 137 Å². The molecule has 1 heterocycles. The summed E-state index contributed by atoms with van der Waals surface area (Å²) in [5, 5.41) is 0. The Morgan fingerprint density at radius 3 is 2.43 bits per heavy atom. The van der Waals surface area contributed by atoms with Crippen molar-refractivity contribution in [1.82, 2.24) is 4.31 Å². The van der Waals surface area contributed by atoms with Crippen molar-refractivity contribution in [1.29, 1.82) is 0 Å². The predicted octanol–water partition coefficient (Wildman–Crippen LogP) is 3.07. The standard InChI is InChI=1S/C17H23NO4S/c1-3-4-15-5-7-17(8-6-15)23(19,20)18(10-12-21-2)13-16-9-11-22-14-16/h5-9,11,14H,3-4,10,12-13H2,1-2H3. The third kappa shape index (κ3) is 4.67. The van der Waals surface area contributed by atoms with Gasteiger partial charge in [0.25, 0.3) is 0 Å². The van der Waals surface area contributed by atoms with Crippen molar-refractivity contribution in [3.63, 3.8) is 0 Å². The third-order valence-electron chi connectivity index (χ3n) is 3.58. The molecule has 2 aromatic rings. The van der Waals surface area contributed by atoms with Crippen LogP contribution >= 0.6 is 0 Å². The minimum absolute atomic E-state index is 0.263. The number of ether oxygens (including phenoxy) is 1. The lowest BCUT2D eigenvalue weighted by atomic mass is 10.1. The largest absolute Gasteiger partial charge is 0.472 e. The van der Waals surface area contributed by atoms with E-state index in [1.54, 1.807) is 31.6 Å². The van der Waals surface area contributed by atoms with Crippen LogP contribution < -0.4 is 0 Å². The minimum Gasteiger partial charge on any atom is -0.472 e. The van der Waals surface area contributed by atoms with Gasteiger partial charge in [-0.25, -0.2) is 8.42 Å². The smallest absolute Gasteiger partial charge is 0.243 e. The molecule has 0 fully saturated rings. The van der Waals surface area contributed by atoms with E-state index in [-0.39, 0.29) is 6.54 Å². The quantitative estimate of drug-likeness (QED) is 0.705. The summed E-state index contributed by atoms with van der Waals surface area (Å²) in [5.41, 5.74) is 1.96. The molecular formula is C17H23NO4S. The first-order chi connectivity index (χ1) is 11.1. The fourth-order valence-electron chi connectivity index (χ4n) is 2.33. The van der Waals surface area contributed by atoms with Gasteiger partial charge in [0.2, 0.25) is 10.0 Å². The highest BCUT2D eigenvalue weighted by Crippen LogP contribution is 2.19. The average molecular weight is 337 g/mol. The molecule has 0 saturated heterocycles. The molecule has 1 aromatic carbocycles. The van der Waals surface area contributed by atoms with E-state index < -0.39 is 10.0 Å². The van der Waals surface area contributed by atoms with Crippen molar-refractivity contribution in [3.8, 4) is 0 Å². The number of benzene rings is 1. The van der Waals surface area contributed by atoms with Crippen molar-refractivity contribution in [2.45, 2.75) is 31.2 Å². The molecule has 0 aliphatic heterocycles. The SMILES string of the molecule is CCCc1ccc(S(=O)(=O)N(CCOC)Cc2ccoc2)cc1. The van der Waals surface area contributed by atoms with Crippen LogP contribution in [0.4, 0.5) is 0 Å². The molecule has 0 radical (unpaired) electrons. The molecule has 0 spiro atoms. The van der Waals surface area contributed by atoms with Gasteiger partial charge in [-0.2, -0.15) is 4.31 Å². The van der Waals surface area contributed by atoms with E-state index in [0.717, 1.165) is 24.0 Å². The molecule has 0 saturated carbocycles. The van der Waals surface area contributed by atoms with Crippen LogP contribution in [0.2, 0.25) is 0 Å². The molecule has 0 N–H and O–H groups in total. The molecule has 0 aliphatic rings. The Hall–Kier alpha value is -1.63. The number of sulfonamides is 1. The van der Waals surface area contributed by atoms with Crippen molar-refractivity contribution < 1.29 is 17.6 Å². The number of nitrogens with zero attached hydrogens (tertiary/aromatic N) is 1. The van der Waals surface area contributed by atoms with E-state index in [2.05, 4.69) is 6.92 Å². The normalized spacial score (nSPS) is 12.0. The number of methoxy groups -OCH3 is 1. The van der Waals surface area contributed by atoms with Gasteiger partial charge < -0.3 is 9.15 Å². The number of aryl methyl sites for hydroxylation is 1. The maximum absolute atomic E-state index is 12.9. The lowest BCUT2D eigenvalue weighted by Crippen LogP contribution is -2.33. The van der Waals surface area contributed by atoms with E-state index in [4.69, 9.17) is 9.15 Å². The molecule has 6 heteroatoms. The van der Waals surface area contributed by atoms with Crippen molar-refractivity contribution >= 4 is 10.0 Å². The molecular weight excluding hydrogens is 314 g/mol. The zero-order chi connectivity index (χ0) is 16.7. The fraction of sp³-hybridized carbons (Fsp3) is 0.412. The lowest BCUT2D eigenvalue weighted by molar-refractivity contribution is 0.177. The molecule has 0 amide bonds. The van der Waals surface area contributed by atoms with Gasteiger partial charge in [0.15, 0.2) is 0 Å². The van der Waals surface area contributed by atoms with Gasteiger partial charge in [-0.1, -0.05) is 25.5 Å². The Balaban J connectivity index is 2.23. The maximum Gasteiger partial charge on any atom is 0.243 e. The fourth-order valence-corrected chi connectivity index (χ4v) is 3.74. The van der Waals surface area contributed by atoms with Gasteiger partial charge in [-0.3, -0.25) is 0 Å². The first-order valence-electron chi connectivity index (χ1n) is 7.67. The van der Waals surface area contributed by atoms with Gasteiger partial charge in [0.1, 0.15) is 0 Å². The Bertz CT molecular complexity index is 678. The first kappa shape index (κ1) is 17.7. The Morgan fingerprint density at radius 1 is 1.13 bits per heavy atom. The average Bonchev–Trinajstić information content (AvgIpc) is 3.05. The van der Waals surface area contributed by atoms with Crippen LogP contribution in [0.1, 0.15) is 24.5 Å². The van der Waals surface area contributed by atoms with Crippen molar-refractivity contribution in [2.24, 2.45) is 0 Å². The van der Waals surface area contributed by atoms with Crippen LogP contribution in [0.3, 0.4) is 0 Å². The van der Waals surface area contributed by atoms with Gasteiger partial charge in [0, 0.05) is 25.8 Å². The highest BCUT2D eigenvalue weighted by atomic mass is 32.2. The van der Waals surface area contributed by atoms with Crippen LogP contribution in [-0.2, 0) is 27.7 Å². The van der Waals surface area contributed by atoms with Gasteiger partial charge in [-0.05, 0) is 30.2 Å². The zero-order valence-electron chi connectivity index (χ0n) is 13.6. The summed E-state index contributed by atoms with van der Waals surface area (Å²) in [4.78, 5) is 0.303. The minimum atomic E-state index is -3.57. The second-order valence-electron chi connectivity index (χ2n) is 5.36. The summed E-state index contributed by atoms with van der Waals surface area (Å²) in [7, 11) is -2.01. The number of hydrogen-bond donors (Lipinski definition) is 0. The second-order valence-corrected chi connectivity index (χ2v) is 7.29.